The summed E-state index contributed by atoms with van der Waals surface area (Å²) in [5.74, 6) is 1.69. The second-order valence-electron chi connectivity index (χ2n) is 4.64. The van der Waals surface area contributed by atoms with E-state index in [1.54, 1.807) is 11.8 Å². The van der Waals surface area contributed by atoms with Crippen LogP contribution in [0.15, 0.2) is 4.34 Å². The van der Waals surface area contributed by atoms with Crippen molar-refractivity contribution in [2.24, 2.45) is 0 Å². The van der Waals surface area contributed by atoms with Crippen molar-refractivity contribution in [2.45, 2.75) is 50.0 Å². The van der Waals surface area contributed by atoms with Gasteiger partial charge in [-0.3, -0.25) is 0 Å². The van der Waals surface area contributed by atoms with E-state index in [0.29, 0.717) is 6.04 Å². The Balaban J connectivity index is 2.52. The highest BCUT2D eigenvalue weighted by molar-refractivity contribution is 8.01. The molecule has 2 N–H and O–H groups in total. The molecule has 1 heterocycles. The van der Waals surface area contributed by atoms with E-state index in [1.165, 1.54) is 11.5 Å². The molecule has 1 unspecified atom stereocenters. The minimum absolute atomic E-state index is 0.123. The maximum Gasteiger partial charge on any atom is 0.170 e. The van der Waals surface area contributed by atoms with Crippen molar-refractivity contribution < 1.29 is 5.11 Å². The average Bonchev–Trinajstić information content (AvgIpc) is 2.73. The Bertz CT molecular complexity index is 343. The number of nitrogens with zero attached hydrogens (tertiary/aromatic N) is 2. The molecule has 0 aliphatic carbocycles. The zero-order valence-electron chi connectivity index (χ0n) is 10.9. The summed E-state index contributed by atoms with van der Waals surface area (Å²) in [4.78, 5) is 4.41. The number of aromatic nitrogens is 2. The smallest absolute Gasteiger partial charge is 0.170 e. The van der Waals surface area contributed by atoms with Gasteiger partial charge < -0.3 is 10.4 Å². The lowest BCUT2D eigenvalue weighted by atomic mass is 10.1. The van der Waals surface area contributed by atoms with Crippen molar-refractivity contribution in [3.8, 4) is 0 Å². The lowest BCUT2D eigenvalue weighted by Gasteiger charge is -2.30. The van der Waals surface area contributed by atoms with Crippen LogP contribution in [-0.4, -0.2) is 38.4 Å². The first-order valence-corrected chi connectivity index (χ1v) is 7.59. The van der Waals surface area contributed by atoms with Crippen LogP contribution in [-0.2, 0) is 6.42 Å². The Morgan fingerprint density at radius 3 is 2.71 bits per heavy atom. The van der Waals surface area contributed by atoms with Gasteiger partial charge in [0.25, 0.3) is 0 Å². The van der Waals surface area contributed by atoms with E-state index < -0.39 is 0 Å². The van der Waals surface area contributed by atoms with Crippen LogP contribution in [0, 0.1) is 0 Å². The van der Waals surface area contributed by atoms with E-state index in [0.717, 1.165) is 22.3 Å². The largest absolute Gasteiger partial charge is 0.394 e. The quantitative estimate of drug-likeness (QED) is 0.745. The van der Waals surface area contributed by atoms with Gasteiger partial charge in [-0.05, 0) is 18.5 Å². The van der Waals surface area contributed by atoms with Gasteiger partial charge in [0.1, 0.15) is 5.82 Å². The van der Waals surface area contributed by atoms with Gasteiger partial charge >= 0.3 is 0 Å². The number of rotatable bonds is 7. The predicted octanol–water partition coefficient (Wildman–Crippen LogP) is 1.94. The summed E-state index contributed by atoms with van der Waals surface area (Å²) in [5, 5.41) is 12.8. The Hall–Kier alpha value is -0.170. The molecular formula is C11H21N3OS2. The molecule has 1 rings (SSSR count). The molecule has 4 nitrogen and oxygen atoms in total. The third-order valence-corrected chi connectivity index (χ3v) is 4.51. The minimum Gasteiger partial charge on any atom is -0.394 e. The van der Waals surface area contributed by atoms with E-state index in [1.807, 2.05) is 6.92 Å². The highest BCUT2D eigenvalue weighted by Gasteiger charge is 2.24. The summed E-state index contributed by atoms with van der Waals surface area (Å²) >= 11 is 3.09. The molecule has 0 saturated carbocycles. The molecule has 1 atom stereocenters. The minimum atomic E-state index is -0.267. The van der Waals surface area contributed by atoms with Crippen LogP contribution in [0.25, 0.3) is 0 Å². The Morgan fingerprint density at radius 1 is 1.53 bits per heavy atom. The molecule has 1 aromatic heterocycles. The van der Waals surface area contributed by atoms with E-state index in [-0.39, 0.29) is 12.1 Å². The van der Waals surface area contributed by atoms with Crippen molar-refractivity contribution in [2.75, 3.05) is 12.4 Å². The van der Waals surface area contributed by atoms with Crippen molar-refractivity contribution in [3.05, 3.63) is 5.82 Å². The number of aliphatic hydroxyl groups is 1. The third-order valence-electron chi connectivity index (χ3n) is 2.27. The maximum atomic E-state index is 9.46. The summed E-state index contributed by atoms with van der Waals surface area (Å²) in [6.45, 7) is 8.37. The molecular weight excluding hydrogens is 254 g/mol. The van der Waals surface area contributed by atoms with Crippen LogP contribution in [0.2, 0.25) is 0 Å². The molecule has 98 valence electrons. The van der Waals surface area contributed by atoms with Gasteiger partial charge in [-0.1, -0.05) is 32.5 Å². The van der Waals surface area contributed by atoms with Crippen molar-refractivity contribution in [1.82, 2.24) is 14.7 Å². The molecule has 6 heteroatoms. The molecule has 0 spiro atoms. The van der Waals surface area contributed by atoms with Crippen LogP contribution in [0.4, 0.5) is 0 Å². The molecule has 0 aromatic carbocycles. The number of hydrogen-bond acceptors (Lipinski definition) is 6. The average molecular weight is 275 g/mol. The third kappa shape index (κ3) is 4.91. The first-order valence-electron chi connectivity index (χ1n) is 5.83. The Labute approximate surface area is 111 Å². The zero-order chi connectivity index (χ0) is 12.9. The van der Waals surface area contributed by atoms with Crippen LogP contribution in [0.3, 0.4) is 0 Å². The fraction of sp³-hybridized carbons (Fsp3) is 0.818. The van der Waals surface area contributed by atoms with Crippen LogP contribution >= 0.6 is 23.3 Å². The first kappa shape index (κ1) is 14.9. The number of aliphatic hydroxyl groups excluding tert-OH is 1. The summed E-state index contributed by atoms with van der Waals surface area (Å²) in [5.41, 5.74) is -0.267. The predicted molar refractivity (Wildman–Crippen MR) is 73.8 cm³/mol. The highest BCUT2D eigenvalue weighted by atomic mass is 32.2. The first-order chi connectivity index (χ1) is 7.99. The summed E-state index contributed by atoms with van der Waals surface area (Å²) in [6, 6.07) is 0.355. The van der Waals surface area contributed by atoms with Crippen LogP contribution in [0.5, 0.6) is 0 Å². The summed E-state index contributed by atoms with van der Waals surface area (Å²) < 4.78 is 5.23. The lowest BCUT2D eigenvalue weighted by molar-refractivity contribution is 0.183. The number of thioether (sulfide) groups is 1. The molecule has 0 bridgehead atoms. The van der Waals surface area contributed by atoms with E-state index >= 15 is 0 Å². The molecule has 0 saturated heterocycles. The van der Waals surface area contributed by atoms with Crippen molar-refractivity contribution >= 4 is 23.3 Å². The van der Waals surface area contributed by atoms with E-state index in [2.05, 4.69) is 35.4 Å². The Morgan fingerprint density at radius 2 is 2.24 bits per heavy atom. The number of hydrogen-bond donors (Lipinski definition) is 2. The number of aryl methyl sites for hydroxylation is 1. The van der Waals surface area contributed by atoms with Crippen LogP contribution < -0.4 is 5.32 Å². The van der Waals surface area contributed by atoms with E-state index in [9.17, 15) is 5.11 Å². The topological polar surface area (TPSA) is 58.0 Å². The van der Waals surface area contributed by atoms with Gasteiger partial charge in [0.15, 0.2) is 4.34 Å². The molecule has 0 aliphatic heterocycles. The summed E-state index contributed by atoms with van der Waals surface area (Å²) in [7, 11) is 0. The standard InChI is InChI=1S/C11H21N3OS2/c1-5-9-12-10(17-14-9)16-7-11(4,6-15)13-8(2)3/h8,13,15H,5-7H2,1-4H3. The summed E-state index contributed by atoms with van der Waals surface area (Å²) in [6.07, 6.45) is 0.874. The zero-order valence-corrected chi connectivity index (χ0v) is 12.5. The monoisotopic (exact) mass is 275 g/mol. The van der Waals surface area contributed by atoms with Gasteiger partial charge in [-0.15, -0.1) is 0 Å². The fourth-order valence-corrected chi connectivity index (χ4v) is 3.28. The normalized spacial score (nSPS) is 15.2. The van der Waals surface area contributed by atoms with Gasteiger partial charge in [-0.25, -0.2) is 4.98 Å². The molecule has 0 fully saturated rings. The van der Waals surface area contributed by atoms with Crippen molar-refractivity contribution in [3.63, 3.8) is 0 Å². The SMILES string of the molecule is CCc1nsc(SCC(C)(CO)NC(C)C)n1. The van der Waals surface area contributed by atoms with Gasteiger partial charge in [0, 0.05) is 23.8 Å². The van der Waals surface area contributed by atoms with Gasteiger partial charge in [-0.2, -0.15) is 4.37 Å². The molecule has 0 amide bonds. The fourth-order valence-electron chi connectivity index (χ4n) is 1.49. The second-order valence-corrected chi connectivity index (χ2v) is 6.61. The second kappa shape index (κ2) is 6.68. The lowest BCUT2D eigenvalue weighted by Crippen LogP contribution is -2.51. The van der Waals surface area contributed by atoms with E-state index in [4.69, 9.17) is 0 Å². The van der Waals surface area contributed by atoms with Gasteiger partial charge in [0.05, 0.1) is 6.61 Å². The molecule has 0 aliphatic rings. The van der Waals surface area contributed by atoms with Gasteiger partial charge in [0.2, 0.25) is 0 Å². The van der Waals surface area contributed by atoms with Crippen molar-refractivity contribution in [1.29, 1.82) is 0 Å². The molecule has 17 heavy (non-hydrogen) atoms. The Kier molecular flexibility index (Phi) is 5.85. The molecule has 0 radical (unpaired) electrons. The highest BCUT2D eigenvalue weighted by Crippen LogP contribution is 2.24. The van der Waals surface area contributed by atoms with Crippen LogP contribution in [0.1, 0.15) is 33.5 Å². The maximum absolute atomic E-state index is 9.46. The number of nitrogens with one attached hydrogen (secondary N) is 1. The molecule has 1 aromatic rings.